The Labute approximate surface area is 176 Å². The van der Waals surface area contributed by atoms with Crippen molar-refractivity contribution >= 4 is 28.1 Å². The van der Waals surface area contributed by atoms with Crippen molar-refractivity contribution in [2.24, 2.45) is 0 Å². The smallest absolute Gasteiger partial charge is 0.260 e. The molecule has 0 bridgehead atoms. The van der Waals surface area contributed by atoms with E-state index in [-0.39, 0.29) is 23.0 Å². The lowest BCUT2D eigenvalue weighted by atomic mass is 9.79. The number of aromatic nitrogens is 1. The number of amides is 1. The number of fused-ring (bicyclic) bond motifs is 1. The summed E-state index contributed by atoms with van der Waals surface area (Å²) in [6.07, 6.45) is 4.70. The van der Waals surface area contributed by atoms with Gasteiger partial charge in [-0.05, 0) is 77.3 Å². The van der Waals surface area contributed by atoms with Crippen LogP contribution >= 0.6 is 11.3 Å². The van der Waals surface area contributed by atoms with Gasteiger partial charge in [-0.15, -0.1) is 11.3 Å². The van der Waals surface area contributed by atoms with Crippen LogP contribution in [0.1, 0.15) is 61.3 Å². The summed E-state index contributed by atoms with van der Waals surface area (Å²) >= 11 is 1.66. The van der Waals surface area contributed by atoms with E-state index in [2.05, 4.69) is 60.0 Å². The molecule has 0 atom stereocenters. The number of hydrogen-bond acceptors (Lipinski definition) is 6. The molecule has 4 N–H and O–H groups in total. The van der Waals surface area contributed by atoms with Crippen LogP contribution < -0.4 is 21.3 Å². The summed E-state index contributed by atoms with van der Waals surface area (Å²) in [6, 6.07) is 6.03. The van der Waals surface area contributed by atoms with Crippen molar-refractivity contribution in [1.29, 1.82) is 0 Å². The van der Waals surface area contributed by atoms with Crippen molar-refractivity contribution in [3.63, 3.8) is 0 Å². The summed E-state index contributed by atoms with van der Waals surface area (Å²) in [6.45, 7) is 10.8. The standard InChI is InChI=1S/C22H31N5OS/c1-21(2)11-15(12-22(3,4)27-21)25-19-16(6-5-8-24-19)20(28)26-18-10-14-7-9-23-13-17(14)29-18/h5-6,8,10,15,23,27H,7,9,11-13H2,1-4H3,(H,24,25)(H,26,28). The monoisotopic (exact) mass is 413 g/mol. The molecule has 1 amide bonds. The van der Waals surface area contributed by atoms with Gasteiger partial charge in [0.05, 0.1) is 10.6 Å². The minimum Gasteiger partial charge on any atom is -0.367 e. The molecule has 0 aromatic carbocycles. The van der Waals surface area contributed by atoms with Crippen LogP contribution in [0.4, 0.5) is 10.8 Å². The second-order valence-corrected chi connectivity index (χ2v) is 10.6. The van der Waals surface area contributed by atoms with Crippen LogP contribution in [0.15, 0.2) is 24.4 Å². The van der Waals surface area contributed by atoms with Crippen LogP contribution in [0, 0.1) is 0 Å². The van der Waals surface area contributed by atoms with E-state index >= 15 is 0 Å². The summed E-state index contributed by atoms with van der Waals surface area (Å²) in [5.41, 5.74) is 1.99. The third kappa shape index (κ3) is 4.79. The number of thiophene rings is 1. The fourth-order valence-corrected chi connectivity index (χ4v) is 5.89. The predicted octanol–water partition coefficient (Wildman–Crippen LogP) is 3.76. The van der Waals surface area contributed by atoms with Gasteiger partial charge >= 0.3 is 0 Å². The second-order valence-electron chi connectivity index (χ2n) is 9.48. The second kappa shape index (κ2) is 7.70. The van der Waals surface area contributed by atoms with Gasteiger partial charge in [0.25, 0.3) is 5.91 Å². The molecule has 0 spiro atoms. The molecule has 0 saturated carbocycles. The maximum Gasteiger partial charge on any atom is 0.260 e. The van der Waals surface area contributed by atoms with E-state index in [0.29, 0.717) is 11.4 Å². The van der Waals surface area contributed by atoms with Gasteiger partial charge in [0.2, 0.25) is 0 Å². The van der Waals surface area contributed by atoms with Gasteiger partial charge in [0.1, 0.15) is 5.82 Å². The third-order valence-corrected chi connectivity index (χ3v) is 6.67. The lowest BCUT2D eigenvalue weighted by molar-refractivity contribution is 0.102. The van der Waals surface area contributed by atoms with Gasteiger partial charge in [-0.25, -0.2) is 4.98 Å². The number of nitrogens with one attached hydrogen (secondary N) is 4. The zero-order valence-corrected chi connectivity index (χ0v) is 18.5. The Hall–Kier alpha value is -1.96. The normalized spacial score (nSPS) is 20.7. The molecule has 4 rings (SSSR count). The van der Waals surface area contributed by atoms with E-state index in [4.69, 9.17) is 0 Å². The van der Waals surface area contributed by atoms with Gasteiger partial charge in [-0.2, -0.15) is 0 Å². The first-order valence-electron chi connectivity index (χ1n) is 10.4. The van der Waals surface area contributed by atoms with Gasteiger partial charge < -0.3 is 21.3 Å². The first-order valence-corrected chi connectivity index (χ1v) is 11.2. The Morgan fingerprint density at radius 1 is 1.24 bits per heavy atom. The zero-order chi connectivity index (χ0) is 20.6. The number of nitrogens with zero attached hydrogens (tertiary/aromatic N) is 1. The van der Waals surface area contributed by atoms with E-state index in [1.165, 1.54) is 10.4 Å². The van der Waals surface area contributed by atoms with Crippen molar-refractivity contribution in [3.8, 4) is 0 Å². The highest BCUT2D eigenvalue weighted by Crippen LogP contribution is 2.32. The van der Waals surface area contributed by atoms with Crippen molar-refractivity contribution in [2.75, 3.05) is 17.2 Å². The van der Waals surface area contributed by atoms with E-state index < -0.39 is 0 Å². The molecule has 4 heterocycles. The van der Waals surface area contributed by atoms with E-state index in [9.17, 15) is 4.79 Å². The highest BCUT2D eigenvalue weighted by Gasteiger charge is 2.38. The number of carbonyl (C=O) groups excluding carboxylic acids is 1. The number of hydrogen-bond donors (Lipinski definition) is 4. The molecule has 6 nitrogen and oxygen atoms in total. The van der Waals surface area contributed by atoms with Crippen molar-refractivity contribution in [3.05, 3.63) is 40.4 Å². The molecule has 0 radical (unpaired) electrons. The maximum atomic E-state index is 13.0. The van der Waals surface area contributed by atoms with Crippen molar-refractivity contribution in [1.82, 2.24) is 15.6 Å². The van der Waals surface area contributed by atoms with Gasteiger partial charge in [0, 0.05) is 34.7 Å². The van der Waals surface area contributed by atoms with Crippen LogP contribution in [0.5, 0.6) is 0 Å². The number of anilines is 2. The molecule has 29 heavy (non-hydrogen) atoms. The highest BCUT2D eigenvalue weighted by atomic mass is 32.1. The molecule has 2 aromatic heterocycles. The molecule has 156 valence electrons. The minimum absolute atomic E-state index is 0.0285. The lowest BCUT2D eigenvalue weighted by Gasteiger charge is -2.46. The Morgan fingerprint density at radius 2 is 2.00 bits per heavy atom. The fraction of sp³-hybridized carbons (Fsp3) is 0.545. The average Bonchev–Trinajstić information content (AvgIpc) is 3.01. The largest absolute Gasteiger partial charge is 0.367 e. The molecular weight excluding hydrogens is 382 g/mol. The fourth-order valence-electron chi connectivity index (χ4n) is 4.81. The maximum absolute atomic E-state index is 13.0. The first kappa shape index (κ1) is 20.3. The van der Waals surface area contributed by atoms with Crippen molar-refractivity contribution in [2.45, 2.75) is 70.6 Å². The molecule has 2 aliphatic rings. The molecule has 0 aliphatic carbocycles. The average molecular weight is 414 g/mol. The Morgan fingerprint density at radius 3 is 2.72 bits per heavy atom. The number of pyridine rings is 1. The molecule has 0 unspecified atom stereocenters. The minimum atomic E-state index is -0.111. The van der Waals surface area contributed by atoms with Gasteiger partial charge in [-0.1, -0.05) is 0 Å². The number of piperidine rings is 1. The van der Waals surface area contributed by atoms with Crippen LogP contribution in [0.2, 0.25) is 0 Å². The topological polar surface area (TPSA) is 78.1 Å². The molecule has 1 fully saturated rings. The first-order chi connectivity index (χ1) is 13.7. The Kier molecular flexibility index (Phi) is 5.40. The Balaban J connectivity index is 1.50. The SMILES string of the molecule is CC1(C)CC(Nc2ncccc2C(=O)Nc2cc3c(s2)CNCC3)CC(C)(C)N1. The van der Waals surface area contributed by atoms with Crippen LogP contribution in [0.3, 0.4) is 0 Å². The van der Waals surface area contributed by atoms with E-state index in [1.54, 1.807) is 17.5 Å². The molecule has 2 aromatic rings. The van der Waals surface area contributed by atoms with E-state index in [0.717, 1.165) is 37.4 Å². The van der Waals surface area contributed by atoms with Gasteiger partial charge in [-0.3, -0.25) is 4.79 Å². The van der Waals surface area contributed by atoms with Gasteiger partial charge in [0.15, 0.2) is 0 Å². The zero-order valence-electron chi connectivity index (χ0n) is 17.7. The number of rotatable bonds is 4. The molecule has 2 aliphatic heterocycles. The Bertz CT molecular complexity index is 865. The third-order valence-electron chi connectivity index (χ3n) is 5.57. The quantitative estimate of drug-likeness (QED) is 0.614. The van der Waals surface area contributed by atoms with Crippen LogP contribution in [-0.2, 0) is 13.0 Å². The van der Waals surface area contributed by atoms with E-state index in [1.807, 2.05) is 12.1 Å². The summed E-state index contributed by atoms with van der Waals surface area (Å²) in [4.78, 5) is 18.8. The molecule has 7 heteroatoms. The summed E-state index contributed by atoms with van der Waals surface area (Å²) in [5.74, 6) is 0.547. The number of carbonyl (C=O) groups is 1. The van der Waals surface area contributed by atoms with Crippen molar-refractivity contribution < 1.29 is 4.79 Å². The predicted molar refractivity (Wildman–Crippen MR) is 120 cm³/mol. The lowest BCUT2D eigenvalue weighted by Crippen LogP contribution is -2.60. The summed E-state index contributed by atoms with van der Waals surface area (Å²) in [5, 5.41) is 14.6. The molecular formula is C22H31N5OS. The molecule has 1 saturated heterocycles. The van der Waals surface area contributed by atoms with Crippen LogP contribution in [-0.4, -0.2) is 34.6 Å². The summed E-state index contributed by atoms with van der Waals surface area (Å²) in [7, 11) is 0. The summed E-state index contributed by atoms with van der Waals surface area (Å²) < 4.78 is 0. The highest BCUT2D eigenvalue weighted by molar-refractivity contribution is 7.16. The van der Waals surface area contributed by atoms with Crippen LogP contribution in [0.25, 0.3) is 0 Å².